The van der Waals surface area contributed by atoms with E-state index in [2.05, 4.69) is 6.92 Å². The summed E-state index contributed by atoms with van der Waals surface area (Å²) < 4.78 is 31.2. The van der Waals surface area contributed by atoms with Crippen LogP contribution in [0.5, 0.6) is 11.5 Å². The van der Waals surface area contributed by atoms with Crippen LogP contribution in [0.1, 0.15) is 138 Å². The van der Waals surface area contributed by atoms with E-state index in [1.807, 2.05) is 50.2 Å². The molecule has 0 unspecified atom stereocenters. The predicted octanol–water partition coefficient (Wildman–Crippen LogP) is 11.8. The van der Waals surface area contributed by atoms with Crippen LogP contribution in [0.3, 0.4) is 0 Å². The average molecular weight is 647 g/mol. The van der Waals surface area contributed by atoms with E-state index < -0.39 is 17.8 Å². The molecule has 6 heteroatoms. The first-order chi connectivity index (χ1) is 22.9. The largest absolute Gasteiger partial charge is 0.494 e. The molecule has 3 rings (SSSR count). The number of benzene rings is 3. The molecule has 47 heavy (non-hydrogen) atoms. The summed E-state index contributed by atoms with van der Waals surface area (Å²) in [4.78, 5) is 25.4. The average Bonchev–Trinajstić information content (AvgIpc) is 3.09. The zero-order valence-electron chi connectivity index (χ0n) is 28.9. The number of hydrogen-bond acceptors (Lipinski definition) is 5. The summed E-state index contributed by atoms with van der Waals surface area (Å²) in [5, 5.41) is 0. The number of halogens is 1. The van der Waals surface area contributed by atoms with Crippen molar-refractivity contribution in [2.24, 2.45) is 5.92 Å². The van der Waals surface area contributed by atoms with Crippen molar-refractivity contribution in [2.45, 2.75) is 117 Å². The lowest BCUT2D eigenvalue weighted by molar-refractivity contribution is 0.0436. The third-order valence-corrected chi connectivity index (χ3v) is 8.65. The summed E-state index contributed by atoms with van der Waals surface area (Å²) >= 11 is 0. The van der Waals surface area contributed by atoms with Crippen LogP contribution in [0.4, 0.5) is 4.39 Å². The Labute approximate surface area is 282 Å². The lowest BCUT2D eigenvalue weighted by atomic mass is 10.0. The van der Waals surface area contributed by atoms with Gasteiger partial charge >= 0.3 is 11.9 Å². The lowest BCUT2D eigenvalue weighted by Gasteiger charge is -2.13. The number of ether oxygens (including phenoxy) is 3. The Morgan fingerprint density at radius 3 is 1.74 bits per heavy atom. The maximum Gasteiger partial charge on any atom is 0.344 e. The molecule has 0 fully saturated rings. The van der Waals surface area contributed by atoms with E-state index in [1.54, 1.807) is 12.1 Å². The summed E-state index contributed by atoms with van der Waals surface area (Å²) in [6, 6.07) is 18.8. The first-order valence-corrected chi connectivity index (χ1v) is 17.9. The summed E-state index contributed by atoms with van der Waals surface area (Å²) in [5.74, 6) is -1.53. The minimum absolute atomic E-state index is 0.137. The molecule has 5 nitrogen and oxygen atoms in total. The second-order valence-corrected chi connectivity index (χ2v) is 12.7. The Bertz CT molecular complexity index is 1320. The molecule has 0 saturated carbocycles. The summed E-state index contributed by atoms with van der Waals surface area (Å²) in [5.41, 5.74) is 1.82. The highest BCUT2D eigenvalue weighted by Crippen LogP contribution is 2.26. The van der Waals surface area contributed by atoms with Crippen LogP contribution in [0.15, 0.2) is 66.7 Å². The Morgan fingerprint density at radius 2 is 1.19 bits per heavy atom. The molecule has 256 valence electrons. The highest BCUT2D eigenvalue weighted by Gasteiger charge is 2.22. The molecule has 0 bridgehead atoms. The van der Waals surface area contributed by atoms with Crippen LogP contribution in [0.25, 0.3) is 11.1 Å². The van der Waals surface area contributed by atoms with Gasteiger partial charge in [0, 0.05) is 0 Å². The van der Waals surface area contributed by atoms with Gasteiger partial charge < -0.3 is 14.2 Å². The molecule has 3 aromatic rings. The molecule has 0 aliphatic carbocycles. The molecule has 0 aromatic heterocycles. The summed E-state index contributed by atoms with van der Waals surface area (Å²) in [6.07, 6.45) is 19.5. The molecule has 0 heterocycles. The fourth-order valence-corrected chi connectivity index (χ4v) is 5.38. The van der Waals surface area contributed by atoms with Crippen LogP contribution < -0.4 is 9.47 Å². The number of esters is 2. The third kappa shape index (κ3) is 13.9. The van der Waals surface area contributed by atoms with Crippen molar-refractivity contribution in [1.29, 1.82) is 0 Å². The van der Waals surface area contributed by atoms with Crippen molar-refractivity contribution >= 4 is 11.9 Å². The number of hydrogen-bond donors (Lipinski definition) is 0. The molecule has 1 atom stereocenters. The van der Waals surface area contributed by atoms with Crippen LogP contribution in [0.2, 0.25) is 0 Å². The number of unbranched alkanes of at least 4 members (excludes halogenated alkanes) is 13. The topological polar surface area (TPSA) is 61.8 Å². The number of rotatable bonds is 23. The second-order valence-electron chi connectivity index (χ2n) is 12.7. The van der Waals surface area contributed by atoms with Crippen LogP contribution >= 0.6 is 0 Å². The molecular weight excluding hydrogens is 591 g/mol. The molecule has 0 N–H and O–H groups in total. The maximum absolute atomic E-state index is 14.5. The van der Waals surface area contributed by atoms with Crippen molar-refractivity contribution in [3.8, 4) is 22.6 Å². The molecule has 0 aliphatic rings. The van der Waals surface area contributed by atoms with Crippen molar-refractivity contribution in [3.05, 3.63) is 83.7 Å². The lowest BCUT2D eigenvalue weighted by Crippen LogP contribution is -2.16. The van der Waals surface area contributed by atoms with Gasteiger partial charge in [-0.1, -0.05) is 141 Å². The van der Waals surface area contributed by atoms with E-state index in [0.717, 1.165) is 42.4 Å². The first-order valence-electron chi connectivity index (χ1n) is 17.9. The van der Waals surface area contributed by atoms with Crippen LogP contribution in [0, 0.1) is 11.7 Å². The smallest absolute Gasteiger partial charge is 0.344 e. The van der Waals surface area contributed by atoms with Gasteiger partial charge in [0.2, 0.25) is 0 Å². The van der Waals surface area contributed by atoms with E-state index >= 15 is 0 Å². The van der Waals surface area contributed by atoms with Crippen LogP contribution in [-0.4, -0.2) is 25.2 Å². The van der Waals surface area contributed by atoms with Crippen molar-refractivity contribution in [2.75, 3.05) is 13.2 Å². The minimum atomic E-state index is -0.853. The molecule has 0 aliphatic heterocycles. The van der Waals surface area contributed by atoms with Gasteiger partial charge in [0.15, 0.2) is 0 Å². The molecule has 0 radical (unpaired) electrons. The monoisotopic (exact) mass is 646 g/mol. The molecule has 3 aromatic carbocycles. The summed E-state index contributed by atoms with van der Waals surface area (Å²) in [6.45, 7) is 7.06. The highest BCUT2D eigenvalue weighted by atomic mass is 19.1. The minimum Gasteiger partial charge on any atom is -0.494 e. The quantitative estimate of drug-likeness (QED) is 0.0583. The van der Waals surface area contributed by atoms with Gasteiger partial charge in [-0.15, -0.1) is 0 Å². The van der Waals surface area contributed by atoms with E-state index in [0.29, 0.717) is 0 Å². The fraction of sp³-hybridized carbons (Fsp3) is 0.512. The van der Waals surface area contributed by atoms with E-state index in [1.165, 1.54) is 95.6 Å². The Morgan fingerprint density at radius 1 is 0.660 bits per heavy atom. The maximum atomic E-state index is 14.5. The van der Waals surface area contributed by atoms with Crippen LogP contribution in [-0.2, 0) is 4.74 Å². The summed E-state index contributed by atoms with van der Waals surface area (Å²) in [7, 11) is 0. The molecule has 0 spiro atoms. The molecular formula is C41H55FO5. The fourth-order valence-electron chi connectivity index (χ4n) is 5.38. The van der Waals surface area contributed by atoms with Gasteiger partial charge in [-0.2, -0.15) is 0 Å². The van der Waals surface area contributed by atoms with E-state index in [4.69, 9.17) is 14.2 Å². The zero-order chi connectivity index (χ0) is 33.7. The van der Waals surface area contributed by atoms with Crippen molar-refractivity contribution in [3.63, 3.8) is 0 Å². The van der Waals surface area contributed by atoms with Gasteiger partial charge in [0.25, 0.3) is 0 Å². The highest BCUT2D eigenvalue weighted by molar-refractivity contribution is 5.96. The Hall–Kier alpha value is -3.67. The van der Waals surface area contributed by atoms with Gasteiger partial charge in [-0.05, 0) is 59.9 Å². The van der Waals surface area contributed by atoms with Gasteiger partial charge in [0.05, 0.1) is 18.8 Å². The van der Waals surface area contributed by atoms with E-state index in [-0.39, 0.29) is 29.4 Å². The van der Waals surface area contributed by atoms with Gasteiger partial charge in [-0.25, -0.2) is 14.0 Å². The second kappa shape index (κ2) is 22.0. The third-order valence-electron chi connectivity index (χ3n) is 8.65. The normalized spacial score (nSPS) is 11.7. The Kier molecular flexibility index (Phi) is 17.7. The number of carbonyl (C=O) groups is 2. The van der Waals surface area contributed by atoms with E-state index in [9.17, 15) is 14.0 Å². The van der Waals surface area contributed by atoms with Gasteiger partial charge in [0.1, 0.15) is 22.9 Å². The SMILES string of the molecule is CCCCCCCCCCCCCCCCOc1ccc(-c2ccc(C(=O)Oc3cccc(F)c3C(=O)OC[C@@H](C)CC)cc2)cc1. The Balaban J connectivity index is 1.36. The first kappa shape index (κ1) is 37.8. The van der Waals surface area contributed by atoms with Gasteiger partial charge in [-0.3, -0.25) is 0 Å². The number of carbonyl (C=O) groups excluding carboxylic acids is 2. The predicted molar refractivity (Wildman–Crippen MR) is 189 cm³/mol. The molecule has 0 amide bonds. The van der Waals surface area contributed by atoms with Crippen molar-refractivity contribution < 1.29 is 28.2 Å². The standard InChI is InChI=1S/C41H55FO5/c1-4-6-7-8-9-10-11-12-13-14-15-16-17-18-30-45-36-28-26-34(27-29-36)33-22-24-35(25-23-33)40(43)47-38-21-19-20-37(42)39(38)41(44)46-31-32(3)5-2/h19-29,32H,4-18,30-31H2,1-3H3/t32-/m0/s1. The van der Waals surface area contributed by atoms with Crippen molar-refractivity contribution in [1.82, 2.24) is 0 Å². The molecule has 0 saturated heterocycles. The zero-order valence-corrected chi connectivity index (χ0v) is 28.9.